The highest BCUT2D eigenvalue weighted by molar-refractivity contribution is 5.86. The van der Waals surface area contributed by atoms with E-state index in [-0.39, 0.29) is 12.3 Å². The molecule has 0 unspecified atom stereocenters. The molecule has 124 valence electrons. The predicted molar refractivity (Wildman–Crippen MR) is 95.0 cm³/mol. The van der Waals surface area contributed by atoms with Gasteiger partial charge in [0.25, 0.3) is 0 Å². The molecule has 0 radical (unpaired) electrons. The van der Waals surface area contributed by atoms with E-state index in [9.17, 15) is 4.79 Å². The summed E-state index contributed by atoms with van der Waals surface area (Å²) in [6.07, 6.45) is 0.239. The molecule has 1 aromatic heterocycles. The van der Waals surface area contributed by atoms with Crippen LogP contribution in [0.1, 0.15) is 11.3 Å². The Kier molecular flexibility index (Phi) is 4.51. The molecular formula is C19H21N3O2. The van der Waals surface area contributed by atoms with Crippen molar-refractivity contribution < 1.29 is 9.32 Å². The normalized spacial score (nSPS) is 10.8. The van der Waals surface area contributed by atoms with Crippen LogP contribution in [0.5, 0.6) is 0 Å². The Balaban J connectivity index is 1.66. The van der Waals surface area contributed by atoms with Crippen molar-refractivity contribution in [1.29, 1.82) is 0 Å². The summed E-state index contributed by atoms with van der Waals surface area (Å²) in [6, 6.07) is 15.8. The van der Waals surface area contributed by atoms with Gasteiger partial charge < -0.3 is 14.3 Å². The van der Waals surface area contributed by atoms with Crippen LogP contribution in [-0.4, -0.2) is 37.1 Å². The standard InChI is InChI=1S/C19H21N3O2/c1-21(2)15-10-8-14(9-11-15)13-22(3)19(23)12-17-16-6-4-5-7-18(16)24-20-17/h4-11H,12-13H2,1-3H3. The summed E-state index contributed by atoms with van der Waals surface area (Å²) in [5.74, 6) is 0.0192. The fourth-order valence-corrected chi connectivity index (χ4v) is 2.61. The first-order valence-corrected chi connectivity index (χ1v) is 7.88. The molecule has 24 heavy (non-hydrogen) atoms. The Morgan fingerprint density at radius 1 is 1.04 bits per heavy atom. The predicted octanol–water partition coefficient (Wildman–Crippen LogP) is 3.09. The number of carbonyl (C=O) groups is 1. The summed E-state index contributed by atoms with van der Waals surface area (Å²) < 4.78 is 5.26. The highest BCUT2D eigenvalue weighted by Gasteiger charge is 2.15. The molecule has 0 fully saturated rings. The van der Waals surface area contributed by atoms with Crippen LogP contribution in [0.15, 0.2) is 53.1 Å². The maximum Gasteiger partial charge on any atom is 0.228 e. The van der Waals surface area contributed by atoms with Crippen LogP contribution in [0.25, 0.3) is 11.0 Å². The number of carbonyl (C=O) groups excluding carboxylic acids is 1. The van der Waals surface area contributed by atoms with Crippen molar-refractivity contribution in [1.82, 2.24) is 10.1 Å². The van der Waals surface area contributed by atoms with E-state index < -0.39 is 0 Å². The Bertz CT molecular complexity index is 837. The van der Waals surface area contributed by atoms with Gasteiger partial charge in [0.1, 0.15) is 5.69 Å². The minimum Gasteiger partial charge on any atom is -0.378 e. The van der Waals surface area contributed by atoms with E-state index in [2.05, 4.69) is 17.3 Å². The molecular weight excluding hydrogens is 302 g/mol. The van der Waals surface area contributed by atoms with Gasteiger partial charge in [0.15, 0.2) is 5.58 Å². The number of benzene rings is 2. The highest BCUT2D eigenvalue weighted by atomic mass is 16.5. The average Bonchev–Trinajstić information content (AvgIpc) is 2.98. The lowest BCUT2D eigenvalue weighted by atomic mass is 10.1. The molecule has 0 N–H and O–H groups in total. The molecule has 5 heteroatoms. The van der Waals surface area contributed by atoms with Crippen molar-refractivity contribution in [2.45, 2.75) is 13.0 Å². The molecule has 0 aliphatic heterocycles. The first-order valence-electron chi connectivity index (χ1n) is 7.88. The Morgan fingerprint density at radius 3 is 2.46 bits per heavy atom. The zero-order chi connectivity index (χ0) is 17.1. The molecule has 0 bridgehead atoms. The van der Waals surface area contributed by atoms with Gasteiger partial charge in [-0.05, 0) is 29.8 Å². The van der Waals surface area contributed by atoms with Crippen LogP contribution in [0.3, 0.4) is 0 Å². The van der Waals surface area contributed by atoms with Crippen LogP contribution >= 0.6 is 0 Å². The lowest BCUT2D eigenvalue weighted by molar-refractivity contribution is -0.129. The second kappa shape index (κ2) is 6.74. The van der Waals surface area contributed by atoms with Crippen molar-refractivity contribution in [3.05, 3.63) is 59.8 Å². The second-order valence-electron chi connectivity index (χ2n) is 6.11. The third-order valence-electron chi connectivity index (χ3n) is 4.07. The second-order valence-corrected chi connectivity index (χ2v) is 6.11. The first kappa shape index (κ1) is 16.1. The van der Waals surface area contributed by atoms with E-state index in [1.165, 1.54) is 0 Å². The number of para-hydroxylation sites is 1. The molecule has 0 atom stereocenters. The topological polar surface area (TPSA) is 49.6 Å². The number of nitrogens with zero attached hydrogens (tertiary/aromatic N) is 3. The van der Waals surface area contributed by atoms with Gasteiger partial charge in [-0.3, -0.25) is 4.79 Å². The average molecular weight is 323 g/mol. The summed E-state index contributed by atoms with van der Waals surface area (Å²) in [7, 11) is 5.82. The van der Waals surface area contributed by atoms with Gasteiger partial charge >= 0.3 is 0 Å². The molecule has 0 aliphatic carbocycles. The van der Waals surface area contributed by atoms with Crippen molar-refractivity contribution in [2.75, 3.05) is 26.0 Å². The van der Waals surface area contributed by atoms with E-state index in [4.69, 9.17) is 4.52 Å². The van der Waals surface area contributed by atoms with Crippen LogP contribution in [0.2, 0.25) is 0 Å². The zero-order valence-electron chi connectivity index (χ0n) is 14.2. The maximum absolute atomic E-state index is 12.5. The first-order chi connectivity index (χ1) is 11.5. The maximum atomic E-state index is 12.5. The third-order valence-corrected chi connectivity index (χ3v) is 4.07. The van der Waals surface area contributed by atoms with Crippen LogP contribution in [0, 0.1) is 0 Å². The van der Waals surface area contributed by atoms with Crippen molar-refractivity contribution in [3.63, 3.8) is 0 Å². The SMILES string of the molecule is CN(Cc1ccc(N(C)C)cc1)C(=O)Cc1noc2ccccc12. The quantitative estimate of drug-likeness (QED) is 0.724. The van der Waals surface area contributed by atoms with Crippen molar-refractivity contribution >= 4 is 22.6 Å². The van der Waals surface area contributed by atoms with Gasteiger partial charge in [-0.15, -0.1) is 0 Å². The Labute approximate surface area is 141 Å². The number of hydrogen-bond donors (Lipinski definition) is 0. The minimum absolute atomic E-state index is 0.0192. The minimum atomic E-state index is 0.0192. The van der Waals surface area contributed by atoms with E-state index in [1.807, 2.05) is 62.4 Å². The largest absolute Gasteiger partial charge is 0.378 e. The molecule has 3 aromatic rings. The van der Waals surface area contributed by atoms with Gasteiger partial charge in [0.2, 0.25) is 5.91 Å². The monoisotopic (exact) mass is 323 g/mol. The van der Waals surface area contributed by atoms with E-state index in [0.717, 1.165) is 16.6 Å². The highest BCUT2D eigenvalue weighted by Crippen LogP contribution is 2.19. The summed E-state index contributed by atoms with van der Waals surface area (Å²) in [4.78, 5) is 16.2. The number of anilines is 1. The van der Waals surface area contributed by atoms with Gasteiger partial charge in [0.05, 0.1) is 6.42 Å². The number of fused-ring (bicyclic) bond motifs is 1. The van der Waals surface area contributed by atoms with Gasteiger partial charge in [-0.25, -0.2) is 0 Å². The molecule has 0 aliphatic rings. The fourth-order valence-electron chi connectivity index (χ4n) is 2.61. The van der Waals surface area contributed by atoms with Crippen LogP contribution in [0.4, 0.5) is 5.69 Å². The summed E-state index contributed by atoms with van der Waals surface area (Å²) in [5.41, 5.74) is 3.64. The lowest BCUT2D eigenvalue weighted by Gasteiger charge is -2.18. The van der Waals surface area contributed by atoms with Crippen molar-refractivity contribution in [3.8, 4) is 0 Å². The molecule has 0 saturated heterocycles. The summed E-state index contributed by atoms with van der Waals surface area (Å²) in [6.45, 7) is 0.572. The third kappa shape index (κ3) is 3.40. The lowest BCUT2D eigenvalue weighted by Crippen LogP contribution is -2.27. The molecule has 2 aromatic carbocycles. The molecule has 3 rings (SSSR count). The van der Waals surface area contributed by atoms with E-state index in [0.29, 0.717) is 17.8 Å². The molecule has 0 spiro atoms. The van der Waals surface area contributed by atoms with Crippen LogP contribution in [-0.2, 0) is 17.8 Å². The van der Waals surface area contributed by atoms with E-state index >= 15 is 0 Å². The van der Waals surface area contributed by atoms with E-state index in [1.54, 1.807) is 4.90 Å². The van der Waals surface area contributed by atoms with Gasteiger partial charge in [-0.1, -0.05) is 29.4 Å². The summed E-state index contributed by atoms with van der Waals surface area (Å²) in [5, 5.41) is 4.93. The molecule has 1 amide bonds. The number of aromatic nitrogens is 1. The number of amides is 1. The number of rotatable bonds is 5. The van der Waals surface area contributed by atoms with Crippen molar-refractivity contribution in [2.24, 2.45) is 0 Å². The number of likely N-dealkylation sites (N-methyl/N-ethyl adjacent to an activating group) is 1. The molecule has 5 nitrogen and oxygen atoms in total. The Hall–Kier alpha value is -2.82. The molecule has 0 saturated carbocycles. The molecule has 1 heterocycles. The van der Waals surface area contributed by atoms with Crippen LogP contribution < -0.4 is 4.90 Å². The number of hydrogen-bond acceptors (Lipinski definition) is 4. The van der Waals surface area contributed by atoms with Gasteiger partial charge in [-0.2, -0.15) is 0 Å². The zero-order valence-corrected chi connectivity index (χ0v) is 14.2. The smallest absolute Gasteiger partial charge is 0.228 e. The fraction of sp³-hybridized carbons (Fsp3) is 0.263. The summed E-state index contributed by atoms with van der Waals surface area (Å²) >= 11 is 0. The van der Waals surface area contributed by atoms with Gasteiger partial charge in [0, 0.05) is 38.8 Å². The Morgan fingerprint density at radius 2 is 1.75 bits per heavy atom.